The van der Waals surface area contributed by atoms with Gasteiger partial charge in [0.25, 0.3) is 0 Å². The Morgan fingerprint density at radius 3 is 2.67 bits per heavy atom. The van der Waals surface area contributed by atoms with Crippen molar-refractivity contribution in [3.63, 3.8) is 0 Å². The summed E-state index contributed by atoms with van der Waals surface area (Å²) in [6, 6.07) is 6.14. The van der Waals surface area contributed by atoms with Crippen LogP contribution < -0.4 is 4.90 Å². The Bertz CT molecular complexity index is 610. The van der Waals surface area contributed by atoms with Crippen LogP contribution in [-0.4, -0.2) is 66.5 Å². The summed E-state index contributed by atoms with van der Waals surface area (Å²) in [5.74, 6) is 3.54. The number of piperidine rings is 1. The van der Waals surface area contributed by atoms with Gasteiger partial charge in [-0.15, -0.1) is 0 Å². The summed E-state index contributed by atoms with van der Waals surface area (Å²) in [7, 11) is 0. The highest BCUT2D eigenvalue weighted by Crippen LogP contribution is 2.38. The molecule has 5 heteroatoms. The molecule has 0 spiro atoms. The van der Waals surface area contributed by atoms with Crippen LogP contribution in [0.1, 0.15) is 39.0 Å². The van der Waals surface area contributed by atoms with E-state index in [1.807, 2.05) is 12.3 Å². The molecule has 1 aliphatic carbocycles. The van der Waals surface area contributed by atoms with Crippen LogP contribution in [0, 0.1) is 17.8 Å². The Morgan fingerprint density at radius 2 is 1.96 bits per heavy atom. The first-order valence-electron chi connectivity index (χ1n) is 10.8. The van der Waals surface area contributed by atoms with Gasteiger partial charge >= 0.3 is 0 Å². The molecule has 1 aromatic rings. The number of aromatic nitrogens is 1. The minimum absolute atomic E-state index is 0.402. The van der Waals surface area contributed by atoms with Crippen molar-refractivity contribution in [3.8, 4) is 0 Å². The maximum absolute atomic E-state index is 12.7. The molecule has 5 nitrogen and oxygen atoms in total. The lowest BCUT2D eigenvalue weighted by Crippen LogP contribution is -2.50. The number of piperazine rings is 1. The van der Waals surface area contributed by atoms with E-state index in [2.05, 4.69) is 38.7 Å². The molecule has 27 heavy (non-hydrogen) atoms. The van der Waals surface area contributed by atoms with Crippen LogP contribution >= 0.6 is 0 Å². The molecule has 3 aliphatic rings. The Kier molecular flexibility index (Phi) is 5.96. The zero-order valence-electron chi connectivity index (χ0n) is 16.7. The Balaban J connectivity index is 1.22. The van der Waals surface area contributed by atoms with Crippen LogP contribution in [0.3, 0.4) is 0 Å². The van der Waals surface area contributed by atoms with E-state index < -0.39 is 0 Å². The highest BCUT2D eigenvalue weighted by atomic mass is 16.2. The normalized spacial score (nSPS) is 25.4. The van der Waals surface area contributed by atoms with Crippen LogP contribution in [-0.2, 0) is 4.79 Å². The quantitative estimate of drug-likeness (QED) is 0.772. The summed E-state index contributed by atoms with van der Waals surface area (Å²) in [4.78, 5) is 24.3. The number of hydrogen-bond donors (Lipinski definition) is 0. The number of hydrogen-bond acceptors (Lipinski definition) is 4. The molecule has 3 heterocycles. The Labute approximate surface area is 163 Å². The van der Waals surface area contributed by atoms with Crippen molar-refractivity contribution in [3.05, 3.63) is 24.4 Å². The average molecular weight is 371 g/mol. The second-order valence-corrected chi connectivity index (χ2v) is 8.84. The first kappa shape index (κ1) is 18.7. The summed E-state index contributed by atoms with van der Waals surface area (Å²) < 4.78 is 0. The number of pyridine rings is 1. The molecular weight excluding hydrogens is 336 g/mol. The predicted octanol–water partition coefficient (Wildman–Crippen LogP) is 2.88. The summed E-state index contributed by atoms with van der Waals surface area (Å²) in [6.45, 7) is 9.63. The maximum atomic E-state index is 12.7. The summed E-state index contributed by atoms with van der Waals surface area (Å²) in [6.07, 6.45) is 7.74. The molecule has 2 aliphatic heterocycles. The number of amides is 1. The minimum atomic E-state index is 0.402. The van der Waals surface area contributed by atoms with Gasteiger partial charge in [-0.05, 0) is 55.6 Å². The first-order chi connectivity index (χ1) is 13.2. The fourth-order valence-corrected chi connectivity index (χ4v) is 4.74. The van der Waals surface area contributed by atoms with Gasteiger partial charge in [-0.3, -0.25) is 9.69 Å². The molecule has 3 fully saturated rings. The topological polar surface area (TPSA) is 39.7 Å². The molecule has 1 amide bonds. The van der Waals surface area contributed by atoms with E-state index in [4.69, 9.17) is 0 Å². The summed E-state index contributed by atoms with van der Waals surface area (Å²) >= 11 is 0. The van der Waals surface area contributed by atoms with Crippen molar-refractivity contribution in [1.29, 1.82) is 0 Å². The third-order valence-electron chi connectivity index (χ3n) is 6.66. The van der Waals surface area contributed by atoms with E-state index in [1.54, 1.807) is 0 Å². The van der Waals surface area contributed by atoms with Crippen LogP contribution in [0.4, 0.5) is 5.82 Å². The molecule has 0 unspecified atom stereocenters. The van der Waals surface area contributed by atoms with E-state index >= 15 is 0 Å². The lowest BCUT2D eigenvalue weighted by molar-refractivity contribution is -0.134. The molecule has 0 N–H and O–H groups in total. The van der Waals surface area contributed by atoms with E-state index in [0.717, 1.165) is 64.0 Å². The van der Waals surface area contributed by atoms with Crippen molar-refractivity contribution in [2.24, 2.45) is 17.8 Å². The van der Waals surface area contributed by atoms with Crippen LogP contribution in [0.2, 0.25) is 0 Å². The van der Waals surface area contributed by atoms with Gasteiger partial charge in [0, 0.05) is 58.4 Å². The Morgan fingerprint density at radius 1 is 1.15 bits per heavy atom. The van der Waals surface area contributed by atoms with Gasteiger partial charge in [-0.2, -0.15) is 0 Å². The van der Waals surface area contributed by atoms with Crippen molar-refractivity contribution in [1.82, 2.24) is 14.8 Å². The van der Waals surface area contributed by atoms with E-state index in [0.29, 0.717) is 17.7 Å². The first-order valence-corrected chi connectivity index (χ1v) is 10.8. The highest BCUT2D eigenvalue weighted by molar-refractivity contribution is 5.76. The largest absolute Gasteiger partial charge is 0.354 e. The molecule has 0 aromatic carbocycles. The zero-order chi connectivity index (χ0) is 18.6. The molecule has 4 rings (SSSR count). The van der Waals surface area contributed by atoms with Gasteiger partial charge in [0.15, 0.2) is 0 Å². The van der Waals surface area contributed by atoms with Crippen molar-refractivity contribution in [2.45, 2.75) is 39.0 Å². The number of nitrogens with zero attached hydrogens (tertiary/aromatic N) is 4. The SMILES string of the molecule is C[C@H](CC(=O)N1CCC[C@@H](CN2CCN(c3ccccn3)CC2)C1)C1CC1. The molecule has 2 atom stereocenters. The van der Waals surface area contributed by atoms with E-state index in [-0.39, 0.29) is 0 Å². The molecule has 0 bridgehead atoms. The fraction of sp³-hybridized carbons (Fsp3) is 0.727. The van der Waals surface area contributed by atoms with Crippen molar-refractivity contribution < 1.29 is 4.79 Å². The molecule has 1 saturated carbocycles. The second kappa shape index (κ2) is 8.59. The van der Waals surface area contributed by atoms with Crippen molar-refractivity contribution >= 4 is 11.7 Å². The van der Waals surface area contributed by atoms with Gasteiger partial charge in [0.2, 0.25) is 5.91 Å². The van der Waals surface area contributed by atoms with Crippen molar-refractivity contribution in [2.75, 3.05) is 50.7 Å². The van der Waals surface area contributed by atoms with Crippen LogP contribution in [0.25, 0.3) is 0 Å². The van der Waals surface area contributed by atoms with Gasteiger partial charge in [-0.25, -0.2) is 4.98 Å². The average Bonchev–Trinajstić information content (AvgIpc) is 3.55. The smallest absolute Gasteiger partial charge is 0.222 e. The second-order valence-electron chi connectivity index (χ2n) is 8.84. The van der Waals surface area contributed by atoms with Gasteiger partial charge in [0.1, 0.15) is 5.82 Å². The minimum Gasteiger partial charge on any atom is -0.354 e. The number of carbonyl (C=O) groups is 1. The van der Waals surface area contributed by atoms with Gasteiger partial charge < -0.3 is 9.80 Å². The van der Waals surface area contributed by atoms with Crippen LogP contribution in [0.15, 0.2) is 24.4 Å². The van der Waals surface area contributed by atoms with E-state index in [1.165, 1.54) is 25.7 Å². The lowest BCUT2D eigenvalue weighted by Gasteiger charge is -2.40. The third kappa shape index (κ3) is 5.01. The van der Waals surface area contributed by atoms with Crippen LogP contribution in [0.5, 0.6) is 0 Å². The number of rotatable bonds is 6. The monoisotopic (exact) mass is 370 g/mol. The summed E-state index contributed by atoms with van der Waals surface area (Å²) in [5, 5.41) is 0. The highest BCUT2D eigenvalue weighted by Gasteiger charge is 2.32. The third-order valence-corrected chi connectivity index (χ3v) is 6.66. The maximum Gasteiger partial charge on any atom is 0.222 e. The number of likely N-dealkylation sites (tertiary alicyclic amines) is 1. The zero-order valence-corrected chi connectivity index (χ0v) is 16.7. The molecule has 1 aromatic heterocycles. The summed E-state index contributed by atoms with van der Waals surface area (Å²) in [5.41, 5.74) is 0. The predicted molar refractivity (Wildman–Crippen MR) is 109 cm³/mol. The van der Waals surface area contributed by atoms with Gasteiger partial charge in [-0.1, -0.05) is 13.0 Å². The fourth-order valence-electron chi connectivity index (χ4n) is 4.74. The number of carbonyl (C=O) groups excluding carboxylic acids is 1. The molecular formula is C22H34N4O. The molecule has 0 radical (unpaired) electrons. The van der Waals surface area contributed by atoms with Gasteiger partial charge in [0.05, 0.1) is 0 Å². The molecule has 2 saturated heterocycles. The molecule has 148 valence electrons. The van der Waals surface area contributed by atoms with E-state index in [9.17, 15) is 4.79 Å². The standard InChI is InChI=1S/C22H34N4O/c1-18(20-7-8-20)15-22(27)26-10-4-5-19(17-26)16-24-11-13-25(14-12-24)21-6-2-3-9-23-21/h2-3,6,9,18-20H,4-5,7-8,10-17H2,1H3/t18-,19+/m1/s1. The lowest BCUT2D eigenvalue weighted by atomic mass is 9.95. The number of anilines is 1. The Hall–Kier alpha value is -1.62.